The van der Waals surface area contributed by atoms with E-state index in [1.807, 2.05) is 13.0 Å². The summed E-state index contributed by atoms with van der Waals surface area (Å²) in [5.41, 5.74) is 1.00. The second-order valence-electron chi connectivity index (χ2n) is 4.51. The topological polar surface area (TPSA) is 44.1 Å². The average molecular weight is 246 g/mol. The Bertz CT molecular complexity index is 478. The predicted octanol–water partition coefficient (Wildman–Crippen LogP) is 2.30. The number of rotatable bonds is 4. The number of benzene rings is 1. The summed E-state index contributed by atoms with van der Waals surface area (Å²) in [6, 6.07) is 8.30. The molecule has 4 heteroatoms. The van der Waals surface area contributed by atoms with Crippen molar-refractivity contribution in [1.29, 1.82) is 5.26 Å². The van der Waals surface area contributed by atoms with Crippen LogP contribution in [0, 0.1) is 23.1 Å². The Morgan fingerprint density at radius 1 is 1.50 bits per heavy atom. The summed E-state index contributed by atoms with van der Waals surface area (Å²) in [5.74, 6) is -0.0788. The molecule has 18 heavy (non-hydrogen) atoms. The number of amides is 1. The number of nitriles is 1. The molecule has 0 radical (unpaired) electrons. The van der Waals surface area contributed by atoms with Crippen molar-refractivity contribution in [2.24, 2.45) is 5.92 Å². The minimum Gasteiger partial charge on any atom is -0.329 e. The molecule has 0 heterocycles. The minimum absolute atomic E-state index is 0.0355. The van der Waals surface area contributed by atoms with Crippen molar-refractivity contribution in [3.05, 3.63) is 35.6 Å². The third kappa shape index (κ3) is 2.51. The summed E-state index contributed by atoms with van der Waals surface area (Å²) >= 11 is 0. The van der Waals surface area contributed by atoms with Crippen LogP contribution in [0.3, 0.4) is 0 Å². The first-order valence-electron chi connectivity index (χ1n) is 6.08. The van der Waals surface area contributed by atoms with Gasteiger partial charge in [0.15, 0.2) is 0 Å². The quantitative estimate of drug-likeness (QED) is 0.765. The number of hydrogen-bond acceptors (Lipinski definition) is 2. The molecule has 1 aliphatic carbocycles. The second kappa shape index (κ2) is 5.18. The van der Waals surface area contributed by atoms with Gasteiger partial charge in [0.2, 0.25) is 5.91 Å². The van der Waals surface area contributed by atoms with Gasteiger partial charge in [-0.25, -0.2) is 4.39 Å². The fourth-order valence-corrected chi connectivity index (χ4v) is 2.21. The summed E-state index contributed by atoms with van der Waals surface area (Å²) in [5, 5.41) is 8.65. The monoisotopic (exact) mass is 246 g/mol. The van der Waals surface area contributed by atoms with E-state index in [-0.39, 0.29) is 30.1 Å². The molecule has 3 nitrogen and oxygen atoms in total. The van der Waals surface area contributed by atoms with Gasteiger partial charge in [-0.2, -0.15) is 5.26 Å². The van der Waals surface area contributed by atoms with Crippen molar-refractivity contribution >= 4 is 5.91 Å². The maximum Gasteiger partial charge on any atom is 0.227 e. The number of carbonyl (C=O) groups is 1. The van der Waals surface area contributed by atoms with Gasteiger partial charge in [0.1, 0.15) is 12.4 Å². The molecule has 0 N–H and O–H groups in total. The summed E-state index contributed by atoms with van der Waals surface area (Å²) < 4.78 is 12.8. The number of hydrogen-bond donors (Lipinski definition) is 0. The molecule has 1 fully saturated rings. The molecule has 1 amide bonds. The van der Waals surface area contributed by atoms with Gasteiger partial charge >= 0.3 is 0 Å². The lowest BCUT2D eigenvalue weighted by Crippen LogP contribution is -2.32. The van der Waals surface area contributed by atoms with E-state index in [0.717, 1.165) is 12.0 Å². The number of carbonyl (C=O) groups excluding carboxylic acids is 1. The maximum absolute atomic E-state index is 12.8. The van der Waals surface area contributed by atoms with E-state index in [4.69, 9.17) is 5.26 Å². The van der Waals surface area contributed by atoms with Crippen LogP contribution in [-0.4, -0.2) is 23.9 Å². The SMILES string of the molecule is CCN(CC#N)C(=O)C1CC1c1ccc(F)cc1. The lowest BCUT2D eigenvalue weighted by Gasteiger charge is -2.17. The Hall–Kier alpha value is -1.89. The van der Waals surface area contributed by atoms with Crippen LogP contribution >= 0.6 is 0 Å². The first-order chi connectivity index (χ1) is 8.67. The Balaban J connectivity index is 2.00. The predicted molar refractivity (Wildman–Crippen MR) is 65.1 cm³/mol. The molecule has 1 saturated carbocycles. The van der Waals surface area contributed by atoms with Crippen LogP contribution in [0.1, 0.15) is 24.8 Å². The first-order valence-corrected chi connectivity index (χ1v) is 6.08. The summed E-state index contributed by atoms with van der Waals surface area (Å²) in [7, 11) is 0. The van der Waals surface area contributed by atoms with Gasteiger partial charge in [-0.3, -0.25) is 4.79 Å². The lowest BCUT2D eigenvalue weighted by molar-refractivity contribution is -0.131. The van der Waals surface area contributed by atoms with Crippen LogP contribution in [0.15, 0.2) is 24.3 Å². The van der Waals surface area contributed by atoms with Crippen LogP contribution in [0.5, 0.6) is 0 Å². The zero-order chi connectivity index (χ0) is 13.1. The molecule has 0 spiro atoms. The summed E-state index contributed by atoms with van der Waals surface area (Å²) in [6.45, 7) is 2.56. The van der Waals surface area contributed by atoms with E-state index in [2.05, 4.69) is 0 Å². The molecular weight excluding hydrogens is 231 g/mol. The highest BCUT2D eigenvalue weighted by atomic mass is 19.1. The van der Waals surface area contributed by atoms with E-state index in [1.54, 1.807) is 17.0 Å². The zero-order valence-electron chi connectivity index (χ0n) is 10.3. The van der Waals surface area contributed by atoms with E-state index in [9.17, 15) is 9.18 Å². The first kappa shape index (κ1) is 12.6. The molecule has 0 aromatic heterocycles. The molecule has 2 unspecified atom stereocenters. The molecule has 0 saturated heterocycles. The Labute approximate surface area is 106 Å². The van der Waals surface area contributed by atoms with Crippen LogP contribution < -0.4 is 0 Å². The van der Waals surface area contributed by atoms with Crippen LogP contribution in [-0.2, 0) is 4.79 Å². The standard InChI is InChI=1S/C14H15FN2O/c1-2-17(8-7-16)14(18)13-9-12(13)10-3-5-11(15)6-4-10/h3-6,12-13H,2,8-9H2,1H3. The highest BCUT2D eigenvalue weighted by molar-refractivity contribution is 5.83. The molecular formula is C14H15FN2O. The Morgan fingerprint density at radius 2 is 2.17 bits per heavy atom. The van der Waals surface area contributed by atoms with E-state index < -0.39 is 0 Å². The van der Waals surface area contributed by atoms with Crippen LogP contribution in [0.2, 0.25) is 0 Å². The van der Waals surface area contributed by atoms with Crippen molar-refractivity contribution in [3.8, 4) is 6.07 Å². The fraction of sp³-hybridized carbons (Fsp3) is 0.429. The highest BCUT2D eigenvalue weighted by Crippen LogP contribution is 2.48. The Morgan fingerprint density at radius 3 is 2.72 bits per heavy atom. The van der Waals surface area contributed by atoms with Crippen molar-refractivity contribution in [2.45, 2.75) is 19.3 Å². The zero-order valence-corrected chi connectivity index (χ0v) is 10.3. The largest absolute Gasteiger partial charge is 0.329 e. The molecule has 1 aromatic carbocycles. The molecule has 1 aromatic rings. The molecule has 2 rings (SSSR count). The van der Waals surface area contributed by atoms with Gasteiger partial charge in [-0.05, 0) is 37.0 Å². The lowest BCUT2D eigenvalue weighted by atomic mass is 10.1. The molecule has 0 aliphatic heterocycles. The van der Waals surface area contributed by atoms with Crippen molar-refractivity contribution in [3.63, 3.8) is 0 Å². The van der Waals surface area contributed by atoms with E-state index >= 15 is 0 Å². The summed E-state index contributed by atoms with van der Waals surface area (Å²) in [6.07, 6.45) is 0.798. The van der Waals surface area contributed by atoms with Gasteiger partial charge in [0.05, 0.1) is 6.07 Å². The normalized spacial score (nSPS) is 21.2. The molecule has 94 valence electrons. The fourth-order valence-electron chi connectivity index (χ4n) is 2.21. The van der Waals surface area contributed by atoms with Crippen LogP contribution in [0.4, 0.5) is 4.39 Å². The van der Waals surface area contributed by atoms with Crippen LogP contribution in [0.25, 0.3) is 0 Å². The summed E-state index contributed by atoms with van der Waals surface area (Å²) in [4.78, 5) is 13.6. The second-order valence-corrected chi connectivity index (χ2v) is 4.51. The molecule has 2 atom stereocenters. The van der Waals surface area contributed by atoms with Gasteiger partial charge < -0.3 is 4.90 Å². The minimum atomic E-state index is -0.262. The van der Waals surface area contributed by atoms with E-state index in [1.165, 1.54) is 12.1 Å². The Kier molecular flexibility index (Phi) is 3.61. The van der Waals surface area contributed by atoms with E-state index in [0.29, 0.717) is 6.54 Å². The highest BCUT2D eigenvalue weighted by Gasteiger charge is 2.45. The smallest absolute Gasteiger partial charge is 0.227 e. The van der Waals surface area contributed by atoms with Gasteiger partial charge in [0, 0.05) is 12.5 Å². The van der Waals surface area contributed by atoms with Crippen molar-refractivity contribution in [1.82, 2.24) is 4.90 Å². The molecule has 1 aliphatic rings. The maximum atomic E-state index is 12.8. The van der Waals surface area contributed by atoms with Gasteiger partial charge in [0.25, 0.3) is 0 Å². The van der Waals surface area contributed by atoms with Gasteiger partial charge in [-0.1, -0.05) is 12.1 Å². The number of halogens is 1. The third-order valence-corrected chi connectivity index (χ3v) is 3.36. The number of nitrogens with zero attached hydrogens (tertiary/aromatic N) is 2. The molecule has 0 bridgehead atoms. The van der Waals surface area contributed by atoms with Crippen molar-refractivity contribution in [2.75, 3.05) is 13.1 Å². The average Bonchev–Trinajstić information content (AvgIpc) is 3.16. The third-order valence-electron chi connectivity index (χ3n) is 3.36. The van der Waals surface area contributed by atoms with Crippen molar-refractivity contribution < 1.29 is 9.18 Å². The van der Waals surface area contributed by atoms with Gasteiger partial charge in [-0.15, -0.1) is 0 Å².